The topological polar surface area (TPSA) is 82.0 Å². The van der Waals surface area contributed by atoms with Crippen LogP contribution in [0.2, 0.25) is 0 Å². The van der Waals surface area contributed by atoms with E-state index in [9.17, 15) is 4.79 Å². The maximum Gasteiger partial charge on any atom is 0.223 e. The van der Waals surface area contributed by atoms with Crippen LogP contribution in [0.3, 0.4) is 0 Å². The van der Waals surface area contributed by atoms with Gasteiger partial charge in [0.15, 0.2) is 0 Å². The number of hydrogen-bond acceptors (Lipinski definition) is 4. The van der Waals surface area contributed by atoms with E-state index in [2.05, 4.69) is 4.98 Å². The molecule has 1 heterocycles. The molecule has 0 aliphatic rings. The Morgan fingerprint density at radius 3 is 2.91 bits per heavy atom. The summed E-state index contributed by atoms with van der Waals surface area (Å²) in [4.78, 5) is 14.5. The Balaban J connectivity index is 2.65. The smallest absolute Gasteiger partial charge is 0.223 e. The molecule has 60 valence electrons. The SMILES string of the molecule is NCc1nc(CC(N)=O)cs1. The van der Waals surface area contributed by atoms with Crippen molar-refractivity contribution in [2.24, 2.45) is 11.5 Å². The van der Waals surface area contributed by atoms with Crippen LogP contribution >= 0.6 is 11.3 Å². The summed E-state index contributed by atoms with van der Waals surface area (Å²) in [6, 6.07) is 0. The third-order valence-electron chi connectivity index (χ3n) is 1.13. The van der Waals surface area contributed by atoms with Crippen LogP contribution < -0.4 is 11.5 Å². The first-order chi connectivity index (χ1) is 5.22. The molecular formula is C6H9N3OS. The van der Waals surface area contributed by atoms with E-state index >= 15 is 0 Å². The van der Waals surface area contributed by atoms with Crippen LogP contribution in [-0.4, -0.2) is 10.9 Å². The van der Waals surface area contributed by atoms with Gasteiger partial charge in [0.2, 0.25) is 5.91 Å². The number of rotatable bonds is 3. The van der Waals surface area contributed by atoms with Crippen molar-refractivity contribution in [1.82, 2.24) is 4.98 Å². The number of primary amides is 1. The van der Waals surface area contributed by atoms with Crippen LogP contribution in [0.15, 0.2) is 5.38 Å². The molecule has 5 heteroatoms. The number of aromatic nitrogens is 1. The van der Waals surface area contributed by atoms with E-state index in [1.807, 2.05) is 0 Å². The molecule has 4 N–H and O–H groups in total. The minimum absolute atomic E-state index is 0.205. The maximum atomic E-state index is 10.4. The summed E-state index contributed by atoms with van der Waals surface area (Å²) in [6.07, 6.45) is 0.205. The van der Waals surface area contributed by atoms with E-state index in [0.717, 1.165) is 5.01 Å². The van der Waals surface area contributed by atoms with E-state index in [1.165, 1.54) is 11.3 Å². The Morgan fingerprint density at radius 2 is 2.45 bits per heavy atom. The van der Waals surface area contributed by atoms with Crippen LogP contribution in [0.4, 0.5) is 0 Å². The third-order valence-corrected chi connectivity index (χ3v) is 2.05. The molecule has 0 aliphatic heterocycles. The zero-order valence-corrected chi connectivity index (χ0v) is 6.73. The number of carbonyl (C=O) groups is 1. The van der Waals surface area contributed by atoms with E-state index in [1.54, 1.807) is 5.38 Å². The lowest BCUT2D eigenvalue weighted by atomic mass is 10.3. The molecule has 0 saturated heterocycles. The number of hydrogen-bond donors (Lipinski definition) is 2. The van der Waals surface area contributed by atoms with Gasteiger partial charge < -0.3 is 11.5 Å². The normalized spacial score (nSPS) is 9.91. The second-order valence-corrected chi connectivity index (χ2v) is 3.02. The highest BCUT2D eigenvalue weighted by molar-refractivity contribution is 7.09. The molecule has 1 amide bonds. The first kappa shape index (κ1) is 8.16. The fourth-order valence-electron chi connectivity index (χ4n) is 0.702. The lowest BCUT2D eigenvalue weighted by molar-refractivity contribution is -0.117. The molecule has 0 saturated carbocycles. The van der Waals surface area contributed by atoms with Gasteiger partial charge in [-0.05, 0) is 0 Å². The van der Waals surface area contributed by atoms with E-state index in [4.69, 9.17) is 11.5 Å². The predicted octanol–water partition coefficient (Wildman–Crippen LogP) is -0.370. The summed E-state index contributed by atoms with van der Waals surface area (Å²) in [7, 11) is 0. The number of amides is 1. The molecular weight excluding hydrogens is 162 g/mol. The zero-order chi connectivity index (χ0) is 8.27. The highest BCUT2D eigenvalue weighted by Crippen LogP contribution is 2.08. The van der Waals surface area contributed by atoms with Gasteiger partial charge in [-0.25, -0.2) is 4.98 Å². The second-order valence-electron chi connectivity index (χ2n) is 2.08. The van der Waals surface area contributed by atoms with Crippen LogP contribution in [0.25, 0.3) is 0 Å². The molecule has 1 aromatic heterocycles. The molecule has 0 aliphatic carbocycles. The van der Waals surface area contributed by atoms with Crippen LogP contribution in [0.1, 0.15) is 10.7 Å². The summed E-state index contributed by atoms with van der Waals surface area (Å²) >= 11 is 1.45. The second kappa shape index (κ2) is 3.45. The summed E-state index contributed by atoms with van der Waals surface area (Å²) in [5.74, 6) is -0.362. The van der Waals surface area contributed by atoms with Crippen molar-refractivity contribution in [3.05, 3.63) is 16.1 Å². The lowest BCUT2D eigenvalue weighted by Crippen LogP contribution is -2.13. The van der Waals surface area contributed by atoms with Gasteiger partial charge in [0.05, 0.1) is 12.1 Å². The minimum Gasteiger partial charge on any atom is -0.369 e. The molecule has 4 nitrogen and oxygen atoms in total. The minimum atomic E-state index is -0.362. The first-order valence-corrected chi connectivity index (χ1v) is 4.02. The Morgan fingerprint density at radius 1 is 1.73 bits per heavy atom. The number of nitrogens with two attached hydrogens (primary N) is 2. The molecule has 0 unspecified atom stereocenters. The number of nitrogens with zero attached hydrogens (tertiary/aromatic N) is 1. The highest BCUT2D eigenvalue weighted by Gasteiger charge is 2.02. The van der Waals surface area contributed by atoms with E-state index < -0.39 is 0 Å². The Bertz CT molecular complexity index is 258. The summed E-state index contributed by atoms with van der Waals surface area (Å²) in [5.41, 5.74) is 11.0. The van der Waals surface area contributed by atoms with Crippen molar-refractivity contribution in [3.8, 4) is 0 Å². The zero-order valence-electron chi connectivity index (χ0n) is 5.91. The maximum absolute atomic E-state index is 10.4. The summed E-state index contributed by atoms with van der Waals surface area (Å²) in [5, 5.41) is 2.63. The van der Waals surface area contributed by atoms with Gasteiger partial charge in [-0.2, -0.15) is 0 Å². The molecule has 11 heavy (non-hydrogen) atoms. The van der Waals surface area contributed by atoms with Gasteiger partial charge in [-0.3, -0.25) is 4.79 Å². The third kappa shape index (κ3) is 2.28. The van der Waals surface area contributed by atoms with Gasteiger partial charge in [0, 0.05) is 11.9 Å². The monoisotopic (exact) mass is 171 g/mol. The Hall–Kier alpha value is -0.940. The van der Waals surface area contributed by atoms with E-state index in [0.29, 0.717) is 12.2 Å². The van der Waals surface area contributed by atoms with Gasteiger partial charge in [-0.1, -0.05) is 0 Å². The van der Waals surface area contributed by atoms with Gasteiger partial charge in [0.25, 0.3) is 0 Å². The van der Waals surface area contributed by atoms with Crippen molar-refractivity contribution >= 4 is 17.2 Å². The highest BCUT2D eigenvalue weighted by atomic mass is 32.1. The van der Waals surface area contributed by atoms with Crippen molar-refractivity contribution in [2.45, 2.75) is 13.0 Å². The molecule has 0 aromatic carbocycles. The van der Waals surface area contributed by atoms with Gasteiger partial charge >= 0.3 is 0 Å². The quantitative estimate of drug-likeness (QED) is 0.651. The molecule has 1 aromatic rings. The van der Waals surface area contributed by atoms with Crippen LogP contribution in [0, 0.1) is 0 Å². The Labute approximate surface area is 68.2 Å². The molecule has 0 spiro atoms. The molecule has 0 atom stereocenters. The fraction of sp³-hybridized carbons (Fsp3) is 0.333. The van der Waals surface area contributed by atoms with Gasteiger partial charge in [0.1, 0.15) is 5.01 Å². The molecule has 0 fully saturated rings. The summed E-state index contributed by atoms with van der Waals surface area (Å²) < 4.78 is 0. The first-order valence-electron chi connectivity index (χ1n) is 3.14. The predicted molar refractivity (Wildman–Crippen MR) is 42.9 cm³/mol. The van der Waals surface area contributed by atoms with E-state index in [-0.39, 0.29) is 12.3 Å². The van der Waals surface area contributed by atoms with Gasteiger partial charge in [-0.15, -0.1) is 11.3 Å². The number of thiazole rings is 1. The molecule has 0 bridgehead atoms. The van der Waals surface area contributed by atoms with Crippen molar-refractivity contribution in [3.63, 3.8) is 0 Å². The summed E-state index contributed by atoms with van der Waals surface area (Å²) in [6.45, 7) is 0.420. The van der Waals surface area contributed by atoms with Crippen molar-refractivity contribution < 1.29 is 4.79 Å². The fourth-order valence-corrected chi connectivity index (χ4v) is 1.38. The van der Waals surface area contributed by atoms with Crippen molar-refractivity contribution in [1.29, 1.82) is 0 Å². The standard InChI is InChI=1S/C6H9N3OS/c7-2-6-9-4(3-11-6)1-5(8)10/h3H,1-2,7H2,(H2,8,10). The van der Waals surface area contributed by atoms with Crippen LogP contribution in [-0.2, 0) is 17.8 Å². The van der Waals surface area contributed by atoms with Crippen molar-refractivity contribution in [2.75, 3.05) is 0 Å². The largest absolute Gasteiger partial charge is 0.369 e. The molecule has 0 radical (unpaired) electrons. The number of carbonyl (C=O) groups excluding carboxylic acids is 1. The van der Waals surface area contributed by atoms with Crippen LogP contribution in [0.5, 0.6) is 0 Å². The average molecular weight is 171 g/mol. The lowest BCUT2D eigenvalue weighted by Gasteiger charge is -1.87. The Kier molecular flexibility index (Phi) is 2.56. The average Bonchev–Trinajstić information content (AvgIpc) is 2.34. The molecule has 1 rings (SSSR count).